The van der Waals surface area contributed by atoms with Gasteiger partial charge in [-0.1, -0.05) is 130 Å². The molecule has 5 heteroatoms. The predicted octanol–water partition coefficient (Wildman–Crippen LogP) is 13.6. The van der Waals surface area contributed by atoms with E-state index in [1.807, 2.05) is 53.9 Å². The van der Waals surface area contributed by atoms with Crippen molar-refractivity contribution in [1.82, 2.24) is 9.97 Å². The number of hydrogen-bond donors (Lipinski definition) is 1. The van der Waals surface area contributed by atoms with Crippen molar-refractivity contribution in [2.75, 3.05) is 0 Å². The molecule has 0 fully saturated rings. The predicted molar refractivity (Wildman–Crippen MR) is 225 cm³/mol. The first-order valence-electron chi connectivity index (χ1n) is 18.6. The summed E-state index contributed by atoms with van der Waals surface area (Å²) in [6.45, 7) is 20.1. The molecule has 4 nitrogen and oxygen atoms in total. The molecule has 0 aliphatic heterocycles. The Kier molecular flexibility index (Phi) is 12.0. The Morgan fingerprint density at radius 2 is 1.24 bits per heavy atom. The maximum atomic E-state index is 11.5. The van der Waals surface area contributed by atoms with E-state index < -0.39 is 5.41 Å². The minimum Gasteiger partial charge on any atom is -0.512 e. The topological polar surface area (TPSA) is 63.1 Å². The fourth-order valence-electron chi connectivity index (χ4n) is 6.47. The molecule has 0 bridgehead atoms. The normalized spacial score (nSPS) is 12.3. The Labute approximate surface area is 334 Å². The summed E-state index contributed by atoms with van der Waals surface area (Å²) in [4.78, 5) is 21.1. The number of rotatable bonds is 5. The van der Waals surface area contributed by atoms with Crippen LogP contribution in [0.25, 0.3) is 65.6 Å². The number of allylic oxidation sites excluding steroid dienone is 2. The summed E-state index contributed by atoms with van der Waals surface area (Å²) in [5.41, 5.74) is 6.05. The number of aliphatic hydroxyl groups excluding tert-OH is 1. The maximum Gasteiger partial charge on any atom is 0.164 e. The van der Waals surface area contributed by atoms with Crippen LogP contribution in [0, 0.1) is 16.9 Å². The van der Waals surface area contributed by atoms with Gasteiger partial charge in [0.2, 0.25) is 0 Å². The summed E-state index contributed by atoms with van der Waals surface area (Å²) in [6, 6.07) is 36.7. The molecule has 2 heterocycles. The Bertz CT molecular complexity index is 2480. The first-order chi connectivity index (χ1) is 25.0. The van der Waals surface area contributed by atoms with Gasteiger partial charge in [0, 0.05) is 60.4 Å². The van der Waals surface area contributed by atoms with Crippen molar-refractivity contribution in [3.05, 3.63) is 132 Å². The third kappa shape index (κ3) is 8.49. The first-order valence-corrected chi connectivity index (χ1v) is 18.6. The number of aromatic nitrogens is 2. The standard InChI is InChI=1S/C38H31N2.C11H20O2.Ir/c1-23(2)28-20-29(24(3)4)22-30(21-28)38-36-14-13-33-31-11-10-27(37-32-8-6-5-7-25(32)15-17-39-37)19-26(31)9-12-34(33)35(36)16-18-40-38;1-10(2,3)8(12)7-9(13)11(4,5)6;/h5-21,23-24H,1-4H3;7,12H,1-6H3;/q-1;;/b;8-7-;. The molecular formula is C49H51IrN2O2-. The van der Waals surface area contributed by atoms with Crippen LogP contribution in [0.4, 0.5) is 0 Å². The molecule has 1 radical (unpaired) electrons. The number of aliphatic hydroxyl groups is 1. The van der Waals surface area contributed by atoms with Crippen LogP contribution in [0.1, 0.15) is 92.2 Å². The van der Waals surface area contributed by atoms with E-state index in [9.17, 15) is 9.90 Å². The van der Waals surface area contributed by atoms with Gasteiger partial charge >= 0.3 is 0 Å². The number of carbonyl (C=O) groups is 1. The van der Waals surface area contributed by atoms with Crippen molar-refractivity contribution in [3.63, 3.8) is 0 Å². The van der Waals surface area contributed by atoms with Crippen LogP contribution in [-0.4, -0.2) is 20.9 Å². The fraction of sp³-hybridized carbons (Fsp3) is 0.286. The Morgan fingerprint density at radius 3 is 1.93 bits per heavy atom. The van der Waals surface area contributed by atoms with Gasteiger partial charge in [-0.15, -0.1) is 34.9 Å². The van der Waals surface area contributed by atoms with E-state index in [1.54, 1.807) is 0 Å². The van der Waals surface area contributed by atoms with Gasteiger partial charge in [0.05, 0.1) is 5.69 Å². The molecule has 279 valence electrons. The fourth-order valence-corrected chi connectivity index (χ4v) is 6.47. The number of fused-ring (bicyclic) bond motifs is 6. The molecule has 0 aliphatic carbocycles. The average molecular weight is 892 g/mol. The summed E-state index contributed by atoms with van der Waals surface area (Å²) >= 11 is 0. The van der Waals surface area contributed by atoms with Gasteiger partial charge in [-0.2, -0.15) is 0 Å². The molecule has 1 N–H and O–H groups in total. The largest absolute Gasteiger partial charge is 0.512 e. The van der Waals surface area contributed by atoms with Crippen LogP contribution in [-0.2, 0) is 24.9 Å². The first kappa shape index (κ1) is 40.5. The molecular weight excluding hydrogens is 841 g/mol. The van der Waals surface area contributed by atoms with E-state index in [4.69, 9.17) is 9.97 Å². The van der Waals surface area contributed by atoms with Crippen LogP contribution in [0.3, 0.4) is 0 Å². The van der Waals surface area contributed by atoms with Crippen LogP contribution >= 0.6 is 0 Å². The number of nitrogens with zero attached hydrogens (tertiary/aromatic N) is 2. The third-order valence-electron chi connectivity index (χ3n) is 9.94. The SMILES string of the molecule is CC(C)(C)C(=O)/C=C(\O)C(C)(C)C.CC(C)c1[c-]c(-c2nccc3c2ccc2c4ccc(-c5nccc6ccccc56)cc4ccc32)cc(C(C)C)c1.[Ir]. The van der Waals surface area contributed by atoms with Crippen LogP contribution in [0.5, 0.6) is 0 Å². The molecule has 0 amide bonds. The molecule has 7 rings (SSSR count). The summed E-state index contributed by atoms with van der Waals surface area (Å²) in [5.74, 6) is 0.961. The van der Waals surface area contributed by atoms with Crippen molar-refractivity contribution in [2.24, 2.45) is 10.8 Å². The Hall–Kier alpha value is -4.70. The molecule has 0 unspecified atom stereocenters. The molecule has 7 aromatic rings. The van der Waals surface area contributed by atoms with Gasteiger partial charge in [-0.25, -0.2) is 0 Å². The van der Waals surface area contributed by atoms with E-state index in [1.165, 1.54) is 54.9 Å². The van der Waals surface area contributed by atoms with Gasteiger partial charge in [-0.3, -0.25) is 9.78 Å². The second-order valence-electron chi connectivity index (χ2n) is 16.8. The number of ketones is 1. The number of hydrogen-bond acceptors (Lipinski definition) is 4. The van der Waals surface area contributed by atoms with Crippen molar-refractivity contribution in [3.8, 4) is 22.5 Å². The van der Waals surface area contributed by atoms with Crippen LogP contribution in [0.2, 0.25) is 0 Å². The van der Waals surface area contributed by atoms with Crippen LogP contribution < -0.4 is 0 Å². The molecule has 0 atom stereocenters. The molecule has 2 aromatic heterocycles. The molecule has 54 heavy (non-hydrogen) atoms. The van der Waals surface area contributed by atoms with Crippen LogP contribution in [0.15, 0.2) is 115 Å². The molecule has 0 saturated carbocycles. The second kappa shape index (κ2) is 16.0. The zero-order valence-corrected chi connectivity index (χ0v) is 35.5. The molecule has 0 saturated heterocycles. The summed E-state index contributed by atoms with van der Waals surface area (Å²) < 4.78 is 0. The van der Waals surface area contributed by atoms with E-state index in [0.29, 0.717) is 11.8 Å². The quantitative estimate of drug-likeness (QED) is 0.0809. The Balaban J connectivity index is 0.000000346. The number of benzene rings is 5. The molecule has 5 aromatic carbocycles. The van der Waals surface area contributed by atoms with Gasteiger partial charge in [0.15, 0.2) is 5.78 Å². The van der Waals surface area contributed by atoms with E-state index >= 15 is 0 Å². The zero-order valence-electron chi connectivity index (χ0n) is 33.1. The van der Waals surface area contributed by atoms with Gasteiger partial charge < -0.3 is 10.1 Å². The zero-order chi connectivity index (χ0) is 38.2. The van der Waals surface area contributed by atoms with Gasteiger partial charge in [-0.05, 0) is 73.4 Å². The van der Waals surface area contributed by atoms with Gasteiger partial charge in [0.1, 0.15) is 5.76 Å². The Morgan fingerprint density at radius 1 is 0.630 bits per heavy atom. The van der Waals surface area contributed by atoms with Gasteiger partial charge in [0.25, 0.3) is 0 Å². The molecule has 0 spiro atoms. The number of carbonyl (C=O) groups excluding carboxylic acids is 1. The van der Waals surface area contributed by atoms with E-state index in [0.717, 1.165) is 27.9 Å². The summed E-state index contributed by atoms with van der Waals surface area (Å²) in [6.07, 6.45) is 5.18. The van der Waals surface area contributed by atoms with Crippen molar-refractivity contribution in [1.29, 1.82) is 0 Å². The number of pyridine rings is 2. The van der Waals surface area contributed by atoms with Crippen molar-refractivity contribution in [2.45, 2.75) is 81.1 Å². The van der Waals surface area contributed by atoms with E-state index in [2.05, 4.69) is 125 Å². The minimum atomic E-state index is -0.417. The second-order valence-corrected chi connectivity index (χ2v) is 16.8. The monoisotopic (exact) mass is 892 g/mol. The summed E-state index contributed by atoms with van der Waals surface area (Å²) in [5, 5.41) is 19.3. The van der Waals surface area contributed by atoms with Crippen molar-refractivity contribution >= 4 is 48.9 Å². The smallest absolute Gasteiger partial charge is 0.164 e. The summed E-state index contributed by atoms with van der Waals surface area (Å²) in [7, 11) is 0. The average Bonchev–Trinajstić information content (AvgIpc) is 3.13. The van der Waals surface area contributed by atoms with E-state index in [-0.39, 0.29) is 37.1 Å². The third-order valence-corrected chi connectivity index (χ3v) is 9.94. The van der Waals surface area contributed by atoms with Crippen molar-refractivity contribution < 1.29 is 30.0 Å². The maximum absolute atomic E-state index is 11.5. The minimum absolute atomic E-state index is 0. The molecule has 0 aliphatic rings.